The van der Waals surface area contributed by atoms with Gasteiger partial charge in [-0.25, -0.2) is 21.6 Å². The van der Waals surface area contributed by atoms with Gasteiger partial charge < -0.3 is 18.2 Å². The number of fused-ring (bicyclic) bond motifs is 2. The summed E-state index contributed by atoms with van der Waals surface area (Å²) in [6.07, 6.45) is 1.33. The summed E-state index contributed by atoms with van der Waals surface area (Å²) in [7, 11) is -5.76. The second kappa shape index (κ2) is 18.5. The molecule has 8 rings (SSSR count). The Bertz CT molecular complexity index is 3580. The average molecular weight is 1080 g/mol. The van der Waals surface area contributed by atoms with Crippen LogP contribution in [0.15, 0.2) is 130 Å². The molecule has 3 aromatic heterocycles. The van der Waals surface area contributed by atoms with Gasteiger partial charge in [-0.1, -0.05) is 37.0 Å². The summed E-state index contributed by atoms with van der Waals surface area (Å²) in [4.78, 5) is 25.0. The summed E-state index contributed by atoms with van der Waals surface area (Å²) in [5.74, 6) is -13.5. The first kappa shape index (κ1) is 47.6. The molecule has 66 heavy (non-hydrogen) atoms. The molecule has 5 aromatic carbocycles. The van der Waals surface area contributed by atoms with Gasteiger partial charge >= 0.3 is 10.1 Å². The fraction of sp³-hybridized carbons (Fsp3) is 0.114. The zero-order valence-corrected chi connectivity index (χ0v) is 39.1. The summed E-state index contributed by atoms with van der Waals surface area (Å²) >= 11 is 6.85. The van der Waals surface area contributed by atoms with Crippen molar-refractivity contribution in [1.82, 2.24) is 14.3 Å². The van der Waals surface area contributed by atoms with E-state index in [0.29, 0.717) is 39.5 Å². The van der Waals surface area contributed by atoms with Crippen LogP contribution in [-0.2, 0) is 25.7 Å². The van der Waals surface area contributed by atoms with E-state index in [2.05, 4.69) is 41.2 Å². The number of hydrogen-bond donors (Lipinski definition) is 0. The van der Waals surface area contributed by atoms with Gasteiger partial charge in [-0.2, -0.15) is 17.2 Å². The molecule has 0 spiro atoms. The first-order valence-electron chi connectivity index (χ1n) is 18.8. The fourth-order valence-corrected chi connectivity index (χ4v) is 9.57. The lowest BCUT2D eigenvalue weighted by atomic mass is 10.1. The minimum atomic E-state index is -5.06. The number of rotatable bonds is 10. The predicted octanol–water partition coefficient (Wildman–Crippen LogP) is 9.57. The number of ether oxygens (including phenoxy) is 2. The van der Waals surface area contributed by atoms with E-state index in [0.717, 1.165) is 38.3 Å². The zero-order valence-electron chi connectivity index (χ0n) is 34.3. The lowest BCUT2D eigenvalue weighted by molar-refractivity contribution is 0.346. The molecule has 0 radical (unpaired) electrons. The Labute approximate surface area is 387 Å². The maximum atomic E-state index is 14.0. The van der Waals surface area contributed by atoms with E-state index < -0.39 is 65.2 Å². The number of halogens is 7. The average Bonchev–Trinajstić information content (AvgIpc) is 3.80. The number of benzene rings is 5. The first-order chi connectivity index (χ1) is 31.2. The molecule has 0 bridgehead atoms. The van der Waals surface area contributed by atoms with Crippen LogP contribution in [0.4, 0.5) is 22.0 Å². The van der Waals surface area contributed by atoms with Crippen molar-refractivity contribution >= 4 is 73.6 Å². The van der Waals surface area contributed by atoms with Crippen LogP contribution in [0, 0.1) is 42.9 Å². The number of sulfone groups is 1. The summed E-state index contributed by atoms with van der Waals surface area (Å²) in [5.41, 5.74) is 3.04. The summed E-state index contributed by atoms with van der Waals surface area (Å²) in [6.45, 7) is 3.70. The van der Waals surface area contributed by atoms with E-state index in [9.17, 15) is 48.4 Å². The van der Waals surface area contributed by atoms with Gasteiger partial charge in [0.2, 0.25) is 34.8 Å². The minimum absolute atomic E-state index is 0.141. The SMILES string of the molecule is COc1cc(Br)c(C)cc1-n1c(=O)ccc2cc(S(=O)(=O)Cc3ccon3)ccc21.COc1cc(Br)c(C)cc1-n1c(=O)ccc2cc(S(=O)(=O)Oc3c(F)c(F)c(F)c(F)c3F)ccc21. The van der Waals surface area contributed by atoms with E-state index in [1.807, 2.05) is 13.0 Å². The Kier molecular flexibility index (Phi) is 13.3. The largest absolute Gasteiger partial charge is 0.495 e. The van der Waals surface area contributed by atoms with Crippen molar-refractivity contribution in [2.75, 3.05) is 14.2 Å². The van der Waals surface area contributed by atoms with Gasteiger partial charge in [-0.3, -0.25) is 18.7 Å². The maximum Gasteiger partial charge on any atom is 0.339 e. The van der Waals surface area contributed by atoms with E-state index >= 15 is 0 Å². The van der Waals surface area contributed by atoms with Crippen molar-refractivity contribution in [1.29, 1.82) is 0 Å². The van der Waals surface area contributed by atoms with Gasteiger partial charge in [0.05, 0.1) is 47.2 Å². The Morgan fingerprint density at radius 2 is 1.06 bits per heavy atom. The number of aryl methyl sites for hydroxylation is 2. The molecule has 0 amide bonds. The van der Waals surface area contributed by atoms with E-state index in [4.69, 9.17) is 14.0 Å². The van der Waals surface area contributed by atoms with Crippen LogP contribution in [0.2, 0.25) is 0 Å². The molecule has 0 aliphatic rings. The molecule has 0 saturated heterocycles. The highest BCUT2D eigenvalue weighted by atomic mass is 79.9. The van der Waals surface area contributed by atoms with Crippen LogP contribution >= 0.6 is 31.9 Å². The second-order valence-corrected chi connectivity index (χ2v) is 19.4. The van der Waals surface area contributed by atoms with Crippen LogP contribution in [0.5, 0.6) is 17.2 Å². The number of pyridine rings is 2. The van der Waals surface area contributed by atoms with Crippen LogP contribution in [-0.4, -0.2) is 45.3 Å². The third kappa shape index (κ3) is 9.09. The molecule has 342 valence electrons. The molecule has 0 N–H and O–H groups in total. The van der Waals surface area contributed by atoms with Gasteiger partial charge in [0.25, 0.3) is 11.1 Å². The second-order valence-electron chi connectivity index (χ2n) is 14.2. The molecule has 0 atom stereocenters. The van der Waals surface area contributed by atoms with Crippen LogP contribution in [0.3, 0.4) is 0 Å². The third-order valence-corrected chi connectivity index (χ3v) is 14.5. The highest BCUT2D eigenvalue weighted by Gasteiger charge is 2.31. The maximum absolute atomic E-state index is 14.0. The molecule has 0 aliphatic carbocycles. The van der Waals surface area contributed by atoms with Crippen molar-refractivity contribution in [2.45, 2.75) is 29.4 Å². The molecule has 8 aromatic rings. The Morgan fingerprint density at radius 1 is 0.606 bits per heavy atom. The lowest BCUT2D eigenvalue weighted by Gasteiger charge is -2.16. The molecule has 0 saturated carbocycles. The predicted molar refractivity (Wildman–Crippen MR) is 239 cm³/mol. The quantitative estimate of drug-likeness (QED) is 0.0554. The van der Waals surface area contributed by atoms with Crippen LogP contribution in [0.25, 0.3) is 33.2 Å². The van der Waals surface area contributed by atoms with Crippen LogP contribution < -0.4 is 24.8 Å². The normalized spacial score (nSPS) is 11.7. The van der Waals surface area contributed by atoms with Crippen LogP contribution in [0.1, 0.15) is 16.8 Å². The van der Waals surface area contributed by atoms with Crippen molar-refractivity contribution in [3.63, 3.8) is 0 Å². The molecule has 0 aliphatic heterocycles. The number of methoxy groups -OCH3 is 2. The fourth-order valence-electron chi connectivity index (χ4n) is 6.67. The highest BCUT2D eigenvalue weighted by molar-refractivity contribution is 9.10. The zero-order chi connectivity index (χ0) is 48.0. The summed E-state index contributed by atoms with van der Waals surface area (Å²) in [6, 6.07) is 21.8. The lowest BCUT2D eigenvalue weighted by Crippen LogP contribution is -2.19. The standard InChI is InChI=1S/C23H13BrF5NO5S.C21H17BrN2O5S/c1-10-7-15(16(34-2)9-13(10)24)30-14-5-4-12(8-11(14)3-6-17(30)31)36(32,33)35-23-21(28)19(26)18(25)20(27)22(23)29;1-13-9-19(20(28-2)11-17(13)22)24-18-5-4-16(10-14(18)3-6-21(24)25)30(26,27)12-15-7-8-29-23-15/h3-9H,1-2H3;3-11H,12H2,1-2H3. The van der Waals surface area contributed by atoms with Gasteiger partial charge in [-0.05, 0) is 97.8 Å². The number of aromatic nitrogens is 3. The van der Waals surface area contributed by atoms with Crippen molar-refractivity contribution in [3.05, 3.63) is 173 Å². The summed E-state index contributed by atoms with van der Waals surface area (Å²) in [5, 5.41) is 4.46. The highest BCUT2D eigenvalue weighted by Crippen LogP contribution is 2.35. The first-order valence-corrected chi connectivity index (χ1v) is 23.4. The molecule has 0 fully saturated rings. The third-order valence-electron chi connectivity index (χ3n) is 9.97. The van der Waals surface area contributed by atoms with Gasteiger partial charge in [0, 0.05) is 37.9 Å². The monoisotopic (exact) mass is 1080 g/mol. The smallest absolute Gasteiger partial charge is 0.339 e. The van der Waals surface area contributed by atoms with Crippen molar-refractivity contribution in [3.8, 4) is 28.6 Å². The molecular formula is C44H30Br2F5N3O10S2. The molecule has 0 unspecified atom stereocenters. The van der Waals surface area contributed by atoms with Gasteiger partial charge in [0.1, 0.15) is 28.4 Å². The minimum Gasteiger partial charge on any atom is -0.495 e. The Hall–Kier alpha value is -6.36. The van der Waals surface area contributed by atoms with Gasteiger partial charge in [-0.15, -0.1) is 0 Å². The van der Waals surface area contributed by atoms with E-state index in [1.54, 1.807) is 43.3 Å². The van der Waals surface area contributed by atoms with E-state index in [-0.39, 0.29) is 27.1 Å². The Morgan fingerprint density at radius 3 is 1.52 bits per heavy atom. The van der Waals surface area contributed by atoms with Gasteiger partial charge in [0.15, 0.2) is 9.84 Å². The Balaban J connectivity index is 0.000000199. The van der Waals surface area contributed by atoms with E-state index in [1.165, 1.54) is 59.9 Å². The van der Waals surface area contributed by atoms with Crippen molar-refractivity contribution in [2.24, 2.45) is 0 Å². The van der Waals surface area contributed by atoms with Crippen molar-refractivity contribution < 1.29 is 57.0 Å². The summed E-state index contributed by atoms with van der Waals surface area (Å²) < 4.78 is 143. The molecule has 22 heteroatoms. The molecule has 13 nitrogen and oxygen atoms in total. The topological polar surface area (TPSA) is 166 Å². The molecular weight excluding hydrogens is 1050 g/mol. The number of hydrogen-bond acceptors (Lipinski definition) is 11. The molecule has 3 heterocycles. The number of nitrogens with zero attached hydrogens (tertiary/aromatic N) is 3.